The van der Waals surface area contributed by atoms with Crippen LogP contribution in [0.4, 0.5) is 22.7 Å². The van der Waals surface area contributed by atoms with E-state index in [0.717, 1.165) is 25.1 Å². The largest absolute Gasteiger partial charge is 1.00 e. The minimum absolute atomic E-state index is 0. The summed E-state index contributed by atoms with van der Waals surface area (Å²) in [6.45, 7) is 8.58. The number of aryl methyl sites for hydroxylation is 4. The predicted octanol–water partition coefficient (Wildman–Crippen LogP) is 5.52. The van der Waals surface area contributed by atoms with Crippen molar-refractivity contribution in [3.05, 3.63) is 119 Å². The molecule has 200 valence electrons. The van der Waals surface area contributed by atoms with Crippen molar-refractivity contribution in [2.24, 2.45) is 0 Å². The van der Waals surface area contributed by atoms with Crippen LogP contribution < -0.4 is 33.7 Å². The van der Waals surface area contributed by atoms with Gasteiger partial charge < -0.3 is 33.7 Å². The zero-order chi connectivity index (χ0) is 26.1. The molecule has 4 N–H and O–H groups in total. The molecule has 4 rings (SSSR count). The molecule has 0 spiro atoms. The zero-order valence-electron chi connectivity index (χ0n) is 22.9. The first-order chi connectivity index (χ1) is 17.9. The maximum atomic E-state index is 3.80. The van der Waals surface area contributed by atoms with Crippen molar-refractivity contribution in [2.75, 3.05) is 46.4 Å². The van der Waals surface area contributed by atoms with Gasteiger partial charge in [-0.25, -0.2) is 0 Å². The lowest BCUT2D eigenvalue weighted by atomic mass is 10.2. The maximum Gasteiger partial charge on any atom is 0.133 e. The van der Waals surface area contributed by atoms with Crippen LogP contribution in [0.5, 0.6) is 0 Å². The Morgan fingerprint density at radius 3 is 0.868 bits per heavy atom. The first-order valence-electron chi connectivity index (χ1n) is 13.0. The monoisotopic (exact) mass is 546 g/mol. The summed E-state index contributed by atoms with van der Waals surface area (Å²) >= 11 is 0. The number of halogens is 1. The smallest absolute Gasteiger partial charge is 0.133 e. The van der Waals surface area contributed by atoms with Crippen LogP contribution in [0.3, 0.4) is 0 Å². The molecule has 0 amide bonds. The summed E-state index contributed by atoms with van der Waals surface area (Å²) in [6, 6.07) is 34.6. The molecule has 6 heteroatoms. The van der Waals surface area contributed by atoms with Crippen molar-refractivity contribution in [3.8, 4) is 0 Å². The molecule has 0 saturated carbocycles. The van der Waals surface area contributed by atoms with Gasteiger partial charge in [0.1, 0.15) is 25.1 Å². The Morgan fingerprint density at radius 2 is 0.658 bits per heavy atom. The van der Waals surface area contributed by atoms with Gasteiger partial charge >= 0.3 is 0 Å². The SMILES string of the molecule is Cc1cccc(NC[P+](CNc2cccc(C)c2)(CNc2cccc(C)c2)CNc2cccc(C)c2)c1.[Cl-]. The summed E-state index contributed by atoms with van der Waals surface area (Å²) in [4.78, 5) is 0. The van der Waals surface area contributed by atoms with Crippen LogP contribution in [0.2, 0.25) is 0 Å². The van der Waals surface area contributed by atoms with Gasteiger partial charge in [0.2, 0.25) is 0 Å². The highest BCUT2D eigenvalue weighted by Crippen LogP contribution is 2.57. The van der Waals surface area contributed by atoms with Crippen LogP contribution in [0.1, 0.15) is 22.3 Å². The highest BCUT2D eigenvalue weighted by atomic mass is 35.5. The number of hydrogen-bond acceptors (Lipinski definition) is 4. The Balaban J connectivity index is 0.00000400. The molecule has 4 aromatic carbocycles. The van der Waals surface area contributed by atoms with E-state index in [2.05, 4.69) is 146 Å². The highest BCUT2D eigenvalue weighted by Gasteiger charge is 2.38. The van der Waals surface area contributed by atoms with Crippen molar-refractivity contribution in [2.45, 2.75) is 27.7 Å². The molecule has 0 fully saturated rings. The lowest BCUT2D eigenvalue weighted by Gasteiger charge is -2.30. The number of hydrogen-bond donors (Lipinski definition) is 4. The molecule has 0 aliphatic carbocycles. The lowest BCUT2D eigenvalue weighted by Crippen LogP contribution is -3.00. The Labute approximate surface area is 235 Å². The van der Waals surface area contributed by atoms with Gasteiger partial charge in [-0.2, -0.15) is 0 Å². The minimum Gasteiger partial charge on any atom is -1.00 e. The van der Waals surface area contributed by atoms with Crippen LogP contribution >= 0.6 is 7.26 Å². The third-order valence-corrected chi connectivity index (χ3v) is 9.86. The van der Waals surface area contributed by atoms with Crippen molar-refractivity contribution in [3.63, 3.8) is 0 Å². The average Bonchev–Trinajstić information content (AvgIpc) is 2.88. The summed E-state index contributed by atoms with van der Waals surface area (Å²) < 4.78 is 0. The molecule has 0 unspecified atom stereocenters. The molecule has 0 radical (unpaired) electrons. The van der Waals surface area contributed by atoms with Gasteiger partial charge in [-0.15, -0.1) is 0 Å². The summed E-state index contributed by atoms with van der Waals surface area (Å²) in [6.07, 6.45) is 3.64. The van der Waals surface area contributed by atoms with Crippen LogP contribution in [0.25, 0.3) is 0 Å². The maximum absolute atomic E-state index is 3.80. The summed E-state index contributed by atoms with van der Waals surface area (Å²) in [5, 5.41) is 15.2. The molecule has 0 bridgehead atoms. The van der Waals surface area contributed by atoms with E-state index in [-0.39, 0.29) is 12.4 Å². The van der Waals surface area contributed by atoms with E-state index >= 15 is 0 Å². The second-order valence-corrected chi connectivity index (χ2v) is 14.1. The zero-order valence-corrected chi connectivity index (χ0v) is 24.5. The summed E-state index contributed by atoms with van der Waals surface area (Å²) in [5.74, 6) is 0. The molecule has 0 saturated heterocycles. The fraction of sp³-hybridized carbons (Fsp3) is 0.250. The molecule has 4 nitrogen and oxygen atoms in total. The second kappa shape index (κ2) is 14.1. The van der Waals surface area contributed by atoms with E-state index in [0.29, 0.717) is 0 Å². The second-order valence-electron chi connectivity index (χ2n) is 10.2. The van der Waals surface area contributed by atoms with Crippen LogP contribution in [0, 0.1) is 27.7 Å². The molecule has 0 aliphatic heterocycles. The Morgan fingerprint density at radius 1 is 0.421 bits per heavy atom. The van der Waals surface area contributed by atoms with Gasteiger partial charge in [-0.05, 0) is 98.5 Å². The van der Waals surface area contributed by atoms with Crippen LogP contribution in [0.15, 0.2) is 97.1 Å². The standard InChI is InChI=1S/C32H40N4P.ClH/c1-25-9-5-13-29(17-25)33-21-37(22-34-30-14-6-10-26(2)18-30,23-35-31-15-7-11-27(3)19-31)24-36-32-16-8-12-28(4)20-32;/h5-20,33-36H,21-24H2,1-4H3;1H/q+1;/p-1. The van der Waals surface area contributed by atoms with E-state index < -0.39 is 7.26 Å². The van der Waals surface area contributed by atoms with Gasteiger partial charge in [0.25, 0.3) is 0 Å². The highest BCUT2D eigenvalue weighted by molar-refractivity contribution is 7.76. The topological polar surface area (TPSA) is 48.1 Å². The fourth-order valence-electron chi connectivity index (χ4n) is 4.39. The molecule has 38 heavy (non-hydrogen) atoms. The van der Waals surface area contributed by atoms with Crippen molar-refractivity contribution < 1.29 is 12.4 Å². The van der Waals surface area contributed by atoms with E-state index in [1.54, 1.807) is 0 Å². The minimum atomic E-state index is -1.66. The number of rotatable bonds is 12. The Kier molecular flexibility index (Phi) is 10.9. The summed E-state index contributed by atoms with van der Waals surface area (Å²) in [5.41, 5.74) is 9.75. The van der Waals surface area contributed by atoms with Gasteiger partial charge in [-0.1, -0.05) is 48.5 Å². The van der Waals surface area contributed by atoms with Gasteiger partial charge in [-0.3, -0.25) is 0 Å². The summed E-state index contributed by atoms with van der Waals surface area (Å²) in [7, 11) is -1.66. The van der Waals surface area contributed by atoms with Crippen molar-refractivity contribution in [1.29, 1.82) is 0 Å². The fourth-order valence-corrected chi connectivity index (χ4v) is 7.13. The molecule has 0 aliphatic rings. The number of anilines is 4. The van der Waals surface area contributed by atoms with Gasteiger partial charge in [0, 0.05) is 22.7 Å². The van der Waals surface area contributed by atoms with Crippen LogP contribution in [-0.4, -0.2) is 25.1 Å². The average molecular weight is 547 g/mol. The molecule has 0 heterocycles. The normalized spacial score (nSPS) is 10.8. The predicted molar refractivity (Wildman–Crippen MR) is 166 cm³/mol. The van der Waals surface area contributed by atoms with E-state index in [9.17, 15) is 0 Å². The third-order valence-electron chi connectivity index (χ3n) is 6.55. The van der Waals surface area contributed by atoms with E-state index in [1.807, 2.05) is 0 Å². The lowest BCUT2D eigenvalue weighted by molar-refractivity contribution is -0.00000773. The quantitative estimate of drug-likeness (QED) is 0.177. The van der Waals surface area contributed by atoms with Gasteiger partial charge in [0.05, 0.1) is 7.26 Å². The Bertz CT molecular complexity index is 1110. The first kappa shape index (κ1) is 29.4. The van der Waals surface area contributed by atoms with E-state index in [1.165, 1.54) is 45.0 Å². The Hall–Kier alpha value is -3.20. The molecular formula is C32H40ClN4P. The number of nitrogens with one attached hydrogen (secondary N) is 4. The molecular weight excluding hydrogens is 507 g/mol. The van der Waals surface area contributed by atoms with Crippen LogP contribution in [-0.2, 0) is 0 Å². The molecule has 4 aromatic rings. The first-order valence-corrected chi connectivity index (χ1v) is 15.5. The van der Waals surface area contributed by atoms with Crippen molar-refractivity contribution >= 4 is 30.0 Å². The molecule has 0 aromatic heterocycles. The van der Waals surface area contributed by atoms with Gasteiger partial charge in [0.15, 0.2) is 0 Å². The van der Waals surface area contributed by atoms with E-state index in [4.69, 9.17) is 0 Å². The number of benzene rings is 4. The van der Waals surface area contributed by atoms with Crippen molar-refractivity contribution in [1.82, 2.24) is 0 Å². The molecule has 0 atom stereocenters. The third kappa shape index (κ3) is 8.97.